The van der Waals surface area contributed by atoms with E-state index in [2.05, 4.69) is 19.9 Å². The van der Waals surface area contributed by atoms with Crippen LogP contribution in [0.2, 0.25) is 5.02 Å². The van der Waals surface area contributed by atoms with Crippen molar-refractivity contribution in [2.24, 2.45) is 4.40 Å². The number of fused-ring (bicyclic) bond motifs is 1. The summed E-state index contributed by atoms with van der Waals surface area (Å²) in [5.41, 5.74) is 1.55. The molecule has 2 heterocycles. The molecule has 1 aliphatic heterocycles. The molecule has 4 rings (SSSR count). The normalized spacial score (nSPS) is 14.2. The molecule has 0 amide bonds. The van der Waals surface area contributed by atoms with E-state index in [1.807, 2.05) is 24.3 Å². The van der Waals surface area contributed by atoms with E-state index in [0.29, 0.717) is 21.5 Å². The minimum Gasteiger partial charge on any atom is -0.314 e. The SMILES string of the molecule is Cl.O=S1(=O)N=C(Nc2nnc(SCc3ccccc3Cl)s2)c2ccccc21. The van der Waals surface area contributed by atoms with Crippen molar-refractivity contribution >= 4 is 68.1 Å². The molecule has 11 heteroatoms. The van der Waals surface area contributed by atoms with E-state index in [1.54, 1.807) is 18.2 Å². The van der Waals surface area contributed by atoms with Gasteiger partial charge < -0.3 is 5.32 Å². The molecule has 6 nitrogen and oxygen atoms in total. The molecule has 1 N–H and O–H groups in total. The molecule has 0 radical (unpaired) electrons. The first kappa shape index (κ1) is 20.1. The van der Waals surface area contributed by atoms with Crippen molar-refractivity contribution in [1.29, 1.82) is 0 Å². The van der Waals surface area contributed by atoms with Crippen LogP contribution in [-0.4, -0.2) is 24.5 Å². The van der Waals surface area contributed by atoms with Crippen LogP contribution in [0.4, 0.5) is 5.13 Å². The van der Waals surface area contributed by atoms with Crippen LogP contribution in [0.5, 0.6) is 0 Å². The Bertz CT molecular complexity index is 1120. The molecular weight excluding hydrogens is 447 g/mol. The summed E-state index contributed by atoms with van der Waals surface area (Å²) < 4.78 is 28.7. The first-order valence-corrected chi connectivity index (χ1v) is 11.1. The largest absolute Gasteiger partial charge is 0.314 e. The van der Waals surface area contributed by atoms with Crippen molar-refractivity contribution in [3.05, 3.63) is 64.7 Å². The summed E-state index contributed by atoms with van der Waals surface area (Å²) in [5.74, 6) is 0.936. The summed E-state index contributed by atoms with van der Waals surface area (Å²) in [6, 6.07) is 14.3. The second-order valence-corrected chi connectivity index (χ2v) is 9.47. The number of amidine groups is 1. The molecule has 3 aromatic rings. The Kier molecular flexibility index (Phi) is 6.07. The first-order valence-electron chi connectivity index (χ1n) is 7.44. The second-order valence-electron chi connectivity index (χ2n) is 5.29. The van der Waals surface area contributed by atoms with Gasteiger partial charge >= 0.3 is 0 Å². The van der Waals surface area contributed by atoms with Crippen LogP contribution in [0.15, 0.2) is 62.2 Å². The number of nitrogens with zero attached hydrogens (tertiary/aromatic N) is 3. The Morgan fingerprint density at radius 2 is 1.81 bits per heavy atom. The second kappa shape index (κ2) is 8.15. The van der Waals surface area contributed by atoms with E-state index >= 15 is 0 Å². The highest BCUT2D eigenvalue weighted by Crippen LogP contribution is 2.32. The van der Waals surface area contributed by atoms with Gasteiger partial charge in [-0.2, -0.15) is 8.42 Å². The smallest absolute Gasteiger partial charge is 0.285 e. The van der Waals surface area contributed by atoms with E-state index < -0.39 is 10.0 Å². The summed E-state index contributed by atoms with van der Waals surface area (Å²) >= 11 is 9.00. The fraction of sp³-hybridized carbons (Fsp3) is 0.0625. The van der Waals surface area contributed by atoms with Crippen LogP contribution in [0, 0.1) is 0 Å². The highest BCUT2D eigenvalue weighted by molar-refractivity contribution is 8.00. The maximum atomic E-state index is 12.1. The lowest BCUT2D eigenvalue weighted by Crippen LogP contribution is -2.10. The van der Waals surface area contributed by atoms with Crippen LogP contribution in [0.25, 0.3) is 0 Å². The zero-order valence-electron chi connectivity index (χ0n) is 13.5. The van der Waals surface area contributed by atoms with Crippen molar-refractivity contribution < 1.29 is 8.42 Å². The summed E-state index contributed by atoms with van der Waals surface area (Å²) in [4.78, 5) is 0.195. The average molecular weight is 459 g/mol. The van der Waals surface area contributed by atoms with Crippen molar-refractivity contribution in [3.8, 4) is 0 Å². The van der Waals surface area contributed by atoms with E-state index in [9.17, 15) is 8.42 Å². The van der Waals surface area contributed by atoms with E-state index in [-0.39, 0.29) is 23.1 Å². The fourth-order valence-corrected chi connectivity index (χ4v) is 5.58. The monoisotopic (exact) mass is 458 g/mol. The maximum Gasteiger partial charge on any atom is 0.285 e. The highest BCUT2D eigenvalue weighted by atomic mass is 35.5. The molecule has 2 aromatic carbocycles. The molecule has 1 aromatic heterocycles. The molecule has 0 saturated carbocycles. The lowest BCUT2D eigenvalue weighted by Gasteiger charge is -2.01. The number of nitrogens with one attached hydrogen (secondary N) is 1. The maximum absolute atomic E-state index is 12.1. The Balaban J connectivity index is 0.00000210. The van der Waals surface area contributed by atoms with Gasteiger partial charge in [-0.15, -0.1) is 27.0 Å². The van der Waals surface area contributed by atoms with Crippen molar-refractivity contribution in [2.45, 2.75) is 15.0 Å². The minimum atomic E-state index is -3.66. The van der Waals surface area contributed by atoms with Gasteiger partial charge in [0.25, 0.3) is 10.0 Å². The van der Waals surface area contributed by atoms with Crippen LogP contribution >= 0.6 is 47.1 Å². The van der Waals surface area contributed by atoms with Crippen LogP contribution in [0.3, 0.4) is 0 Å². The summed E-state index contributed by atoms with van der Waals surface area (Å²) in [5, 5.41) is 12.3. The van der Waals surface area contributed by atoms with Gasteiger partial charge in [0, 0.05) is 16.3 Å². The molecule has 140 valence electrons. The third-order valence-electron chi connectivity index (χ3n) is 3.57. The summed E-state index contributed by atoms with van der Waals surface area (Å²) in [7, 11) is -3.66. The molecule has 0 aliphatic carbocycles. The standard InChI is InChI=1S/C16H11ClN4O2S3.ClH/c17-12-7-3-1-5-10(12)9-24-16-20-19-15(25-16)18-14-11-6-2-4-8-13(11)26(22,23)21-14;/h1-8H,9H2,(H,18,19,21);1H. The van der Waals surface area contributed by atoms with Gasteiger partial charge in [-0.3, -0.25) is 0 Å². The Morgan fingerprint density at radius 1 is 1.07 bits per heavy atom. The zero-order valence-corrected chi connectivity index (χ0v) is 17.5. The number of anilines is 1. The third-order valence-corrected chi connectivity index (χ3v) is 7.30. The first-order chi connectivity index (χ1) is 12.5. The van der Waals surface area contributed by atoms with Gasteiger partial charge in [-0.1, -0.05) is 65.0 Å². The molecule has 0 bridgehead atoms. The van der Waals surface area contributed by atoms with Gasteiger partial charge in [-0.25, -0.2) is 0 Å². The highest BCUT2D eigenvalue weighted by Gasteiger charge is 2.28. The number of benzene rings is 2. The van der Waals surface area contributed by atoms with Crippen molar-refractivity contribution in [1.82, 2.24) is 10.2 Å². The van der Waals surface area contributed by atoms with E-state index in [1.165, 1.54) is 29.2 Å². The fourth-order valence-electron chi connectivity index (χ4n) is 2.37. The van der Waals surface area contributed by atoms with Gasteiger partial charge in [-0.05, 0) is 23.8 Å². The number of halogens is 2. The zero-order chi connectivity index (χ0) is 18.1. The van der Waals surface area contributed by atoms with Gasteiger partial charge in [0.15, 0.2) is 10.2 Å². The average Bonchev–Trinajstić information content (AvgIpc) is 3.17. The molecule has 0 atom stereocenters. The number of rotatable bonds is 4. The molecule has 0 unspecified atom stereocenters. The van der Waals surface area contributed by atoms with Crippen LogP contribution in [0.1, 0.15) is 11.1 Å². The van der Waals surface area contributed by atoms with Crippen LogP contribution in [-0.2, 0) is 15.8 Å². The predicted octanol–water partition coefficient (Wildman–Crippen LogP) is 4.47. The quantitative estimate of drug-likeness (QED) is 0.580. The number of hydrogen-bond donors (Lipinski definition) is 1. The Labute approximate surface area is 175 Å². The molecule has 0 spiro atoms. The lowest BCUT2D eigenvalue weighted by molar-refractivity contribution is 0.599. The van der Waals surface area contributed by atoms with Gasteiger partial charge in [0.2, 0.25) is 5.13 Å². The molecular formula is C16H12Cl2N4O2S3. The van der Waals surface area contributed by atoms with Crippen molar-refractivity contribution in [3.63, 3.8) is 0 Å². The lowest BCUT2D eigenvalue weighted by atomic mass is 10.2. The number of aromatic nitrogens is 2. The van der Waals surface area contributed by atoms with E-state index in [4.69, 9.17) is 11.6 Å². The minimum absolute atomic E-state index is 0. The van der Waals surface area contributed by atoms with Gasteiger partial charge in [0.1, 0.15) is 4.90 Å². The van der Waals surface area contributed by atoms with Crippen LogP contribution < -0.4 is 5.32 Å². The molecule has 1 aliphatic rings. The topological polar surface area (TPSA) is 84.3 Å². The number of thioether (sulfide) groups is 1. The van der Waals surface area contributed by atoms with E-state index in [0.717, 1.165) is 9.90 Å². The number of hydrogen-bond acceptors (Lipinski definition) is 7. The Morgan fingerprint density at radius 3 is 2.63 bits per heavy atom. The van der Waals surface area contributed by atoms with Crippen molar-refractivity contribution in [2.75, 3.05) is 5.32 Å². The Hall–Kier alpha value is -1.65. The third kappa shape index (κ3) is 4.27. The molecule has 27 heavy (non-hydrogen) atoms. The summed E-state index contributed by atoms with van der Waals surface area (Å²) in [6.07, 6.45) is 0. The summed E-state index contributed by atoms with van der Waals surface area (Å²) in [6.45, 7) is 0. The predicted molar refractivity (Wildman–Crippen MR) is 112 cm³/mol. The molecule has 0 fully saturated rings. The molecule has 0 saturated heterocycles. The number of sulfonamides is 1. The van der Waals surface area contributed by atoms with Gasteiger partial charge in [0.05, 0.1) is 0 Å².